The zero-order valence-corrected chi connectivity index (χ0v) is 41.7. The third-order valence-electron chi connectivity index (χ3n) is 9.29. The summed E-state index contributed by atoms with van der Waals surface area (Å²) < 4.78 is 55.3. The SMILES string of the molecule is CCC(=O)Oc1cc(OC(=O)CC)c(C(=O)CCc2ccc(OP(=O)([O-])Oc3ccc(CCC(=O)c4c(OC(=O)CC)cc(OC(=O)CC)cc4OC(=O)CC)cc3)cc2)c(OC(=O)CC)c1.[Na+]. The molecule has 18 nitrogen and oxygen atoms in total. The van der Waals surface area contributed by atoms with Crippen LogP contribution in [0.3, 0.4) is 0 Å². The molecular weight excluding hydrogens is 918 g/mol. The average Bonchev–Trinajstić information content (AvgIpc) is 3.30. The van der Waals surface area contributed by atoms with Crippen molar-refractivity contribution < 1.29 is 115 Å². The molecule has 0 aromatic heterocycles. The van der Waals surface area contributed by atoms with E-state index in [9.17, 15) is 47.8 Å². The zero-order chi connectivity index (χ0) is 49.3. The molecule has 0 aliphatic heterocycles. The van der Waals surface area contributed by atoms with Gasteiger partial charge in [-0.25, -0.2) is 4.57 Å². The molecule has 0 heterocycles. The van der Waals surface area contributed by atoms with Crippen LogP contribution in [-0.2, 0) is 46.2 Å². The largest absolute Gasteiger partial charge is 1.00 e. The molecule has 356 valence electrons. The summed E-state index contributed by atoms with van der Waals surface area (Å²) in [5.41, 5.74) is 0.743. The average molecular weight is 969 g/mol. The minimum Gasteiger partial charge on any atom is -0.736 e. The first kappa shape index (κ1) is 56.2. The summed E-state index contributed by atoms with van der Waals surface area (Å²) in [6.07, 6.45) is -0.278. The molecule has 0 amide bonds. The van der Waals surface area contributed by atoms with E-state index in [0.29, 0.717) is 11.1 Å². The van der Waals surface area contributed by atoms with Gasteiger partial charge in [-0.05, 0) is 48.2 Å². The molecular formula is C48H50NaO18P. The Morgan fingerprint density at radius 1 is 0.412 bits per heavy atom. The molecule has 0 bridgehead atoms. The van der Waals surface area contributed by atoms with E-state index >= 15 is 0 Å². The Labute approximate surface area is 414 Å². The monoisotopic (exact) mass is 968 g/mol. The van der Waals surface area contributed by atoms with Crippen LogP contribution in [0, 0.1) is 0 Å². The number of benzene rings is 4. The van der Waals surface area contributed by atoms with Crippen molar-refractivity contribution in [2.45, 2.75) is 106 Å². The van der Waals surface area contributed by atoms with Crippen molar-refractivity contribution in [3.05, 3.63) is 95.1 Å². The molecule has 0 saturated carbocycles. The van der Waals surface area contributed by atoms with Crippen LogP contribution in [0.1, 0.15) is 125 Å². The molecule has 4 aromatic rings. The first-order valence-electron chi connectivity index (χ1n) is 21.5. The van der Waals surface area contributed by atoms with E-state index < -0.39 is 55.2 Å². The van der Waals surface area contributed by atoms with Crippen LogP contribution in [0.5, 0.6) is 46.0 Å². The fraction of sp³-hybridized carbons (Fsp3) is 0.333. The van der Waals surface area contributed by atoms with Gasteiger partial charge in [0, 0.05) is 75.6 Å². The van der Waals surface area contributed by atoms with Crippen LogP contribution in [0.4, 0.5) is 0 Å². The Kier molecular flexibility index (Phi) is 22.3. The summed E-state index contributed by atoms with van der Waals surface area (Å²) in [5, 5.41) is 0. The summed E-state index contributed by atoms with van der Waals surface area (Å²) in [6.45, 7) is 9.30. The minimum atomic E-state index is -5.01. The van der Waals surface area contributed by atoms with Gasteiger partial charge in [-0.2, -0.15) is 0 Å². The van der Waals surface area contributed by atoms with Crippen molar-refractivity contribution in [1.82, 2.24) is 0 Å². The Bertz CT molecular complexity index is 2290. The maximum Gasteiger partial charge on any atom is 1.00 e. The van der Waals surface area contributed by atoms with Crippen molar-refractivity contribution >= 4 is 55.2 Å². The van der Waals surface area contributed by atoms with Crippen molar-refractivity contribution in [3.63, 3.8) is 0 Å². The Morgan fingerprint density at radius 3 is 0.912 bits per heavy atom. The number of ether oxygens (including phenoxy) is 6. The number of hydrogen-bond acceptors (Lipinski definition) is 18. The van der Waals surface area contributed by atoms with Crippen molar-refractivity contribution in [3.8, 4) is 46.0 Å². The number of carbonyl (C=O) groups excluding carboxylic acids is 8. The first-order valence-corrected chi connectivity index (χ1v) is 22.9. The number of phosphoric ester groups is 1. The van der Waals surface area contributed by atoms with Gasteiger partial charge in [-0.3, -0.25) is 38.4 Å². The van der Waals surface area contributed by atoms with E-state index in [4.69, 9.17) is 37.5 Å². The van der Waals surface area contributed by atoms with E-state index in [1.165, 1.54) is 72.8 Å². The van der Waals surface area contributed by atoms with Gasteiger partial charge >= 0.3 is 73.2 Å². The molecule has 20 heteroatoms. The van der Waals surface area contributed by atoms with Crippen LogP contribution in [0.25, 0.3) is 0 Å². The fourth-order valence-corrected chi connectivity index (χ4v) is 6.58. The van der Waals surface area contributed by atoms with Crippen LogP contribution in [0.2, 0.25) is 0 Å². The molecule has 0 unspecified atom stereocenters. The Balaban J connectivity index is 0.0000122. The molecule has 0 N–H and O–H groups in total. The molecule has 0 spiro atoms. The maximum absolute atomic E-state index is 13.6. The van der Waals surface area contributed by atoms with Gasteiger partial charge in [0.15, 0.2) is 11.6 Å². The van der Waals surface area contributed by atoms with Crippen LogP contribution < -0.4 is 71.9 Å². The number of phosphoric acid groups is 1. The van der Waals surface area contributed by atoms with Gasteiger partial charge in [0.1, 0.15) is 57.1 Å². The van der Waals surface area contributed by atoms with Crippen molar-refractivity contribution in [2.24, 2.45) is 0 Å². The summed E-state index contributed by atoms with van der Waals surface area (Å²) >= 11 is 0. The van der Waals surface area contributed by atoms with Gasteiger partial charge < -0.3 is 42.4 Å². The van der Waals surface area contributed by atoms with Gasteiger partial charge in [-0.1, -0.05) is 65.8 Å². The summed E-state index contributed by atoms with van der Waals surface area (Å²) in [5.74, 6) is -6.61. The van der Waals surface area contributed by atoms with E-state index in [0.717, 1.165) is 0 Å². The molecule has 4 aromatic carbocycles. The van der Waals surface area contributed by atoms with E-state index in [1.807, 2.05) is 0 Å². The number of Topliss-reactive ketones (excluding diaryl/α,β-unsaturated/α-hetero) is 2. The zero-order valence-electron chi connectivity index (χ0n) is 38.8. The summed E-state index contributed by atoms with van der Waals surface area (Å²) in [7, 11) is -5.01. The van der Waals surface area contributed by atoms with Crippen LogP contribution in [0.15, 0.2) is 72.8 Å². The van der Waals surface area contributed by atoms with E-state index in [-0.39, 0.29) is 151 Å². The number of carbonyl (C=O) groups is 8. The number of hydrogen-bond donors (Lipinski definition) is 0. The summed E-state index contributed by atoms with van der Waals surface area (Å²) in [4.78, 5) is 113. The Hall–Kier alpha value is -6.17. The third-order valence-corrected chi connectivity index (χ3v) is 10.2. The molecule has 0 fully saturated rings. The number of aryl methyl sites for hydroxylation is 2. The molecule has 0 aliphatic carbocycles. The second-order valence-electron chi connectivity index (χ2n) is 14.3. The predicted octanol–water partition coefficient (Wildman–Crippen LogP) is 5.14. The molecule has 0 radical (unpaired) electrons. The van der Waals surface area contributed by atoms with Gasteiger partial charge in [-0.15, -0.1) is 0 Å². The van der Waals surface area contributed by atoms with Gasteiger partial charge in [0.2, 0.25) is 0 Å². The third kappa shape index (κ3) is 17.2. The molecule has 4 rings (SSSR count). The number of esters is 6. The second kappa shape index (κ2) is 27.0. The Morgan fingerprint density at radius 2 is 0.662 bits per heavy atom. The summed E-state index contributed by atoms with van der Waals surface area (Å²) in [6, 6.07) is 16.2. The standard InChI is InChI=1S/C48H51O18P.Na/c1-7-41(51)59-33-25-37(61-43(53)9-3)47(38(26-33)62-44(54)10-4)35(49)23-17-29-13-19-31(20-14-29)65-67(57,58)66-32-21-15-30(16-22-32)18-24-36(50)48-39(63-45(55)11-5)27-34(60-42(52)8-2)28-40(48)64-46(56)12-6;/h13-16,19-22,25-28H,7-12,17-18,23-24H2,1-6H3,(H,57,58);/q;+1/p-1. The normalized spacial score (nSPS) is 10.7. The van der Waals surface area contributed by atoms with Crippen molar-refractivity contribution in [1.29, 1.82) is 0 Å². The van der Waals surface area contributed by atoms with Crippen LogP contribution in [-0.4, -0.2) is 47.4 Å². The van der Waals surface area contributed by atoms with E-state index in [2.05, 4.69) is 0 Å². The number of rotatable bonds is 24. The molecule has 0 saturated heterocycles. The first-order chi connectivity index (χ1) is 31.9. The second-order valence-corrected chi connectivity index (χ2v) is 15.6. The minimum absolute atomic E-state index is 0. The molecule has 68 heavy (non-hydrogen) atoms. The maximum atomic E-state index is 13.6. The predicted molar refractivity (Wildman–Crippen MR) is 235 cm³/mol. The number of ketones is 2. The molecule has 0 aliphatic rings. The van der Waals surface area contributed by atoms with Crippen LogP contribution >= 0.6 is 7.82 Å². The molecule has 0 atom stereocenters. The topological polar surface area (TPSA) is 251 Å². The van der Waals surface area contributed by atoms with Crippen molar-refractivity contribution in [2.75, 3.05) is 0 Å². The quantitative estimate of drug-likeness (QED) is 0.0290. The van der Waals surface area contributed by atoms with Gasteiger partial charge in [0.05, 0.1) is 0 Å². The van der Waals surface area contributed by atoms with Gasteiger partial charge in [0.25, 0.3) is 0 Å². The fourth-order valence-electron chi connectivity index (χ4n) is 5.78. The smallest absolute Gasteiger partial charge is 0.736 e. The van der Waals surface area contributed by atoms with E-state index in [1.54, 1.807) is 41.5 Å².